The van der Waals surface area contributed by atoms with E-state index in [1.165, 1.54) is 18.4 Å². The maximum absolute atomic E-state index is 12.8. The van der Waals surface area contributed by atoms with Crippen molar-refractivity contribution < 1.29 is 0 Å². The third-order valence-corrected chi connectivity index (χ3v) is 7.49. The molecule has 1 unspecified atom stereocenters. The zero-order valence-corrected chi connectivity index (χ0v) is 20.7. The molecule has 1 saturated carbocycles. The topological polar surface area (TPSA) is 117 Å². The van der Waals surface area contributed by atoms with Crippen molar-refractivity contribution in [2.45, 2.75) is 25.6 Å². The van der Waals surface area contributed by atoms with Crippen LogP contribution in [0.3, 0.4) is 0 Å². The number of nitrogens with one attached hydrogen (secondary N) is 3. The molecule has 38 heavy (non-hydrogen) atoms. The van der Waals surface area contributed by atoms with Crippen LogP contribution in [0, 0.1) is 11.8 Å². The normalized spacial score (nSPS) is 20.7. The van der Waals surface area contributed by atoms with Gasteiger partial charge in [-0.25, -0.2) is 4.98 Å². The predicted molar refractivity (Wildman–Crippen MR) is 145 cm³/mol. The molecule has 8 rings (SSSR count). The molecule has 2 bridgehead atoms. The predicted octanol–water partition coefficient (Wildman–Crippen LogP) is 3.92. The third kappa shape index (κ3) is 4.28. The Kier molecular flexibility index (Phi) is 5.58. The number of hydrogen-bond donors (Lipinski definition) is 3. The molecule has 0 amide bonds. The lowest BCUT2D eigenvalue weighted by molar-refractivity contribution is -0.0226. The van der Waals surface area contributed by atoms with Crippen molar-refractivity contribution in [3.63, 3.8) is 0 Å². The van der Waals surface area contributed by atoms with Crippen LogP contribution in [-0.2, 0) is 6.54 Å². The highest BCUT2D eigenvalue weighted by molar-refractivity contribution is 5.91. The van der Waals surface area contributed by atoms with Gasteiger partial charge in [0.2, 0.25) is 5.95 Å². The zero-order chi connectivity index (χ0) is 25.5. The quantitative estimate of drug-likeness (QED) is 0.305. The zero-order valence-electron chi connectivity index (χ0n) is 20.7. The van der Waals surface area contributed by atoms with Crippen LogP contribution in [0.1, 0.15) is 18.4 Å². The summed E-state index contributed by atoms with van der Waals surface area (Å²) >= 11 is 0. The van der Waals surface area contributed by atoms with Crippen molar-refractivity contribution in [3.8, 4) is 5.69 Å². The fourth-order valence-electron chi connectivity index (χ4n) is 5.70. The van der Waals surface area contributed by atoms with Crippen LogP contribution in [0.15, 0.2) is 84.0 Å². The van der Waals surface area contributed by atoms with Crippen LogP contribution in [0.5, 0.6) is 0 Å². The molecular weight excluding hydrogens is 478 g/mol. The fraction of sp³-hybridized carbons (Fsp3) is 0.250. The number of rotatable bonds is 7. The summed E-state index contributed by atoms with van der Waals surface area (Å²) in [5.74, 6) is 2.25. The minimum atomic E-state index is -0.244. The Hall–Kier alpha value is -4.57. The van der Waals surface area contributed by atoms with E-state index >= 15 is 0 Å². The summed E-state index contributed by atoms with van der Waals surface area (Å²) in [5.41, 5.74) is 3.19. The van der Waals surface area contributed by atoms with E-state index in [4.69, 9.17) is 9.97 Å². The molecule has 5 heterocycles. The molecule has 2 aromatic carbocycles. The molecule has 1 atom stereocenters. The second-order valence-electron chi connectivity index (χ2n) is 10.1. The largest absolute Gasteiger partial charge is 0.339 e. The van der Waals surface area contributed by atoms with Crippen LogP contribution >= 0.6 is 0 Å². The van der Waals surface area contributed by atoms with Gasteiger partial charge in [0.05, 0.1) is 29.8 Å². The standard InChI is InChI=1S/C28H27N9O/c38-27-24-23(9-10-29-27)33-28(34-25(24)32-21-7-4-8-22(15-21)37-30-11-12-31-37)35-26-20-13-19(14-20)17-36(26)16-18-5-2-1-3-6-18/h1-12,15,19-20,26H,13-14,16-17H2,(H,29,38)(H2,32,33,34,35). The summed E-state index contributed by atoms with van der Waals surface area (Å²) in [6, 6.07) is 20.0. The minimum Gasteiger partial charge on any atom is -0.339 e. The number of benzene rings is 2. The van der Waals surface area contributed by atoms with E-state index in [0.29, 0.717) is 28.6 Å². The molecule has 3 fully saturated rings. The number of H-pyrrole nitrogens is 1. The first-order chi connectivity index (χ1) is 18.7. The summed E-state index contributed by atoms with van der Waals surface area (Å²) < 4.78 is 0. The van der Waals surface area contributed by atoms with Gasteiger partial charge < -0.3 is 15.6 Å². The third-order valence-electron chi connectivity index (χ3n) is 7.49. The molecule has 10 heteroatoms. The first kappa shape index (κ1) is 22.6. The summed E-state index contributed by atoms with van der Waals surface area (Å²) in [5, 5.41) is 15.8. The highest BCUT2D eigenvalue weighted by Gasteiger charge is 2.44. The molecule has 0 radical (unpaired) electrons. The Morgan fingerprint density at radius 2 is 1.82 bits per heavy atom. The van der Waals surface area contributed by atoms with Gasteiger partial charge in [-0.05, 0) is 54.5 Å². The molecular formula is C28H27N9O. The monoisotopic (exact) mass is 505 g/mol. The molecule has 1 aliphatic carbocycles. The molecule has 0 spiro atoms. The van der Waals surface area contributed by atoms with Crippen molar-refractivity contribution in [1.82, 2.24) is 34.8 Å². The van der Waals surface area contributed by atoms with Gasteiger partial charge in [0.15, 0.2) is 0 Å². The highest BCUT2D eigenvalue weighted by Crippen LogP contribution is 2.44. The van der Waals surface area contributed by atoms with Crippen LogP contribution in [-0.4, -0.2) is 47.6 Å². The molecule has 3 aliphatic rings. The SMILES string of the molecule is O=c1[nH]ccc2nc(NC3C4CC(C4)CN3Cc3ccccc3)nc(Nc3cccc(-n4nccn4)c3)c12. The maximum Gasteiger partial charge on any atom is 0.261 e. The number of pyridine rings is 1. The van der Waals surface area contributed by atoms with Crippen LogP contribution in [0.4, 0.5) is 17.5 Å². The fourth-order valence-corrected chi connectivity index (χ4v) is 5.70. The van der Waals surface area contributed by atoms with Crippen LogP contribution in [0.2, 0.25) is 0 Å². The van der Waals surface area contributed by atoms with Crippen LogP contribution < -0.4 is 16.2 Å². The van der Waals surface area contributed by atoms with Gasteiger partial charge in [-0.1, -0.05) is 36.4 Å². The Morgan fingerprint density at radius 1 is 0.974 bits per heavy atom. The van der Waals surface area contributed by atoms with Crippen molar-refractivity contribution in [2.75, 3.05) is 17.2 Å². The maximum atomic E-state index is 12.8. The van der Waals surface area contributed by atoms with Gasteiger partial charge in [-0.2, -0.15) is 20.0 Å². The lowest BCUT2D eigenvalue weighted by atomic mass is 9.69. The van der Waals surface area contributed by atoms with Gasteiger partial charge in [-0.3, -0.25) is 9.69 Å². The van der Waals surface area contributed by atoms with E-state index in [2.05, 4.69) is 55.0 Å². The molecule has 2 aliphatic heterocycles. The van der Waals surface area contributed by atoms with Gasteiger partial charge in [-0.15, -0.1) is 0 Å². The average Bonchev–Trinajstić information content (AvgIpc) is 3.45. The number of anilines is 3. The lowest BCUT2D eigenvalue weighted by Gasteiger charge is -2.53. The lowest BCUT2D eigenvalue weighted by Crippen LogP contribution is -2.58. The Bertz CT molecular complexity index is 1630. The summed E-state index contributed by atoms with van der Waals surface area (Å²) in [7, 11) is 0. The van der Waals surface area contributed by atoms with Gasteiger partial charge in [0.25, 0.3) is 5.56 Å². The number of hydrogen-bond acceptors (Lipinski definition) is 8. The Morgan fingerprint density at radius 3 is 2.66 bits per heavy atom. The van der Waals surface area contributed by atoms with Gasteiger partial charge >= 0.3 is 0 Å². The number of nitrogens with zero attached hydrogens (tertiary/aromatic N) is 6. The molecule has 3 aromatic heterocycles. The first-order valence-electron chi connectivity index (χ1n) is 12.9. The number of fused-ring (bicyclic) bond motifs is 3. The molecule has 3 N–H and O–H groups in total. The summed E-state index contributed by atoms with van der Waals surface area (Å²) in [6.07, 6.45) is 7.44. The van der Waals surface area contributed by atoms with Gasteiger partial charge in [0, 0.05) is 25.0 Å². The average molecular weight is 506 g/mol. The second-order valence-corrected chi connectivity index (χ2v) is 10.1. The molecule has 2 saturated heterocycles. The smallest absolute Gasteiger partial charge is 0.261 e. The van der Waals surface area contributed by atoms with E-state index < -0.39 is 0 Å². The summed E-state index contributed by atoms with van der Waals surface area (Å²) in [6.45, 7) is 1.92. The van der Waals surface area contributed by atoms with Crippen molar-refractivity contribution >= 4 is 28.4 Å². The van der Waals surface area contributed by atoms with E-state index in [9.17, 15) is 4.79 Å². The van der Waals surface area contributed by atoms with E-state index in [1.807, 2.05) is 30.3 Å². The van der Waals surface area contributed by atoms with Gasteiger partial charge in [0.1, 0.15) is 11.2 Å². The number of aromatic nitrogens is 6. The second kappa shape index (κ2) is 9.38. The minimum absolute atomic E-state index is 0.127. The molecule has 5 aromatic rings. The molecule has 190 valence electrons. The van der Waals surface area contributed by atoms with Crippen molar-refractivity contribution in [1.29, 1.82) is 0 Å². The summed E-state index contributed by atoms with van der Waals surface area (Å²) in [4.78, 5) is 29.2. The van der Waals surface area contributed by atoms with E-state index in [0.717, 1.165) is 30.4 Å². The van der Waals surface area contributed by atoms with E-state index in [1.54, 1.807) is 29.5 Å². The Balaban J connectivity index is 1.22. The van der Waals surface area contributed by atoms with Crippen LogP contribution in [0.25, 0.3) is 16.6 Å². The molecule has 10 nitrogen and oxygen atoms in total. The number of piperidine rings is 2. The number of aromatic amines is 1. The van der Waals surface area contributed by atoms with Crippen molar-refractivity contribution in [2.24, 2.45) is 11.8 Å². The van der Waals surface area contributed by atoms with Crippen molar-refractivity contribution in [3.05, 3.63) is 95.2 Å². The Labute approximate surface area is 218 Å². The van der Waals surface area contributed by atoms with E-state index in [-0.39, 0.29) is 11.7 Å². The first-order valence-corrected chi connectivity index (χ1v) is 12.9. The highest BCUT2D eigenvalue weighted by atomic mass is 16.1.